The molecular formula is C25H35N3O4. The van der Waals surface area contributed by atoms with Gasteiger partial charge in [-0.15, -0.1) is 0 Å². The van der Waals surface area contributed by atoms with Crippen LogP contribution >= 0.6 is 0 Å². The molecule has 1 aromatic rings. The first-order valence-electron chi connectivity index (χ1n) is 11.6. The van der Waals surface area contributed by atoms with E-state index in [9.17, 15) is 14.7 Å². The van der Waals surface area contributed by atoms with Gasteiger partial charge >= 0.3 is 0 Å². The summed E-state index contributed by atoms with van der Waals surface area (Å²) in [6.45, 7) is 8.52. The molecule has 0 bridgehead atoms. The number of aliphatic hydroxyl groups is 1. The molecule has 3 rings (SSSR count). The Morgan fingerprint density at radius 2 is 2.09 bits per heavy atom. The van der Waals surface area contributed by atoms with E-state index < -0.39 is 0 Å². The molecule has 1 fully saturated rings. The van der Waals surface area contributed by atoms with Crippen LogP contribution in [0.4, 0.5) is 0 Å². The van der Waals surface area contributed by atoms with E-state index in [-0.39, 0.29) is 54.2 Å². The quantitative estimate of drug-likeness (QED) is 0.710. The number of aromatic nitrogens is 1. The Hall–Kier alpha value is -2.59. The van der Waals surface area contributed by atoms with Gasteiger partial charge in [0, 0.05) is 43.1 Å². The molecule has 174 valence electrons. The number of fused-ring (bicyclic) bond motifs is 1. The molecule has 2 heterocycles. The lowest BCUT2D eigenvalue weighted by atomic mass is 9.84. The van der Waals surface area contributed by atoms with Gasteiger partial charge in [-0.25, -0.2) is 4.98 Å². The van der Waals surface area contributed by atoms with Gasteiger partial charge in [-0.3, -0.25) is 9.59 Å². The molecule has 0 radical (unpaired) electrons. The number of hydrogen-bond acceptors (Lipinski definition) is 5. The van der Waals surface area contributed by atoms with Gasteiger partial charge in [-0.2, -0.15) is 0 Å². The SMILES string of the molecule is CC(C)C#Cc1cnc2c(c1)C(=O)N([C@H](C)CO)C[C@H](C)[C@H](CN(C)C(=O)C1CCC1)O2. The van der Waals surface area contributed by atoms with Crippen LogP contribution in [0.2, 0.25) is 0 Å². The minimum Gasteiger partial charge on any atom is -0.472 e. The number of carbonyl (C=O) groups excluding carboxylic acids is 2. The summed E-state index contributed by atoms with van der Waals surface area (Å²) in [6.07, 6.45) is 4.30. The number of aliphatic hydroxyl groups excluding tert-OH is 1. The van der Waals surface area contributed by atoms with Gasteiger partial charge in [-0.05, 0) is 25.8 Å². The Morgan fingerprint density at radius 3 is 2.69 bits per heavy atom. The van der Waals surface area contributed by atoms with Crippen molar-refractivity contribution in [1.29, 1.82) is 0 Å². The summed E-state index contributed by atoms with van der Waals surface area (Å²) < 4.78 is 6.25. The summed E-state index contributed by atoms with van der Waals surface area (Å²) >= 11 is 0. The van der Waals surface area contributed by atoms with Gasteiger partial charge in [0.1, 0.15) is 11.7 Å². The Kier molecular flexibility index (Phi) is 7.78. The van der Waals surface area contributed by atoms with Crippen molar-refractivity contribution in [2.24, 2.45) is 17.8 Å². The summed E-state index contributed by atoms with van der Waals surface area (Å²) in [7, 11) is 1.81. The van der Waals surface area contributed by atoms with E-state index in [1.807, 2.05) is 34.7 Å². The molecule has 0 saturated heterocycles. The predicted molar refractivity (Wildman–Crippen MR) is 122 cm³/mol. The van der Waals surface area contributed by atoms with E-state index in [1.54, 1.807) is 22.1 Å². The first-order valence-corrected chi connectivity index (χ1v) is 11.6. The molecular weight excluding hydrogens is 406 g/mol. The first-order chi connectivity index (χ1) is 15.2. The Morgan fingerprint density at radius 1 is 1.38 bits per heavy atom. The monoisotopic (exact) mass is 441 g/mol. The van der Waals surface area contributed by atoms with E-state index in [0.29, 0.717) is 24.2 Å². The fraction of sp³-hybridized carbons (Fsp3) is 0.640. The van der Waals surface area contributed by atoms with Crippen molar-refractivity contribution in [2.45, 2.75) is 59.1 Å². The number of hydrogen-bond donors (Lipinski definition) is 1. The smallest absolute Gasteiger partial charge is 0.259 e. The average molecular weight is 442 g/mol. The summed E-state index contributed by atoms with van der Waals surface area (Å²) in [4.78, 5) is 33.9. The lowest BCUT2D eigenvalue weighted by molar-refractivity contribution is -0.138. The highest BCUT2D eigenvalue weighted by Crippen LogP contribution is 2.30. The van der Waals surface area contributed by atoms with Crippen LogP contribution in [-0.2, 0) is 4.79 Å². The highest BCUT2D eigenvalue weighted by molar-refractivity contribution is 5.97. The molecule has 3 atom stereocenters. The zero-order chi connectivity index (χ0) is 23.4. The number of rotatable bonds is 5. The first kappa shape index (κ1) is 24.1. The van der Waals surface area contributed by atoms with Crippen LogP contribution in [0.1, 0.15) is 62.9 Å². The second kappa shape index (κ2) is 10.4. The van der Waals surface area contributed by atoms with E-state index in [0.717, 1.165) is 19.3 Å². The standard InChI is InChI=1S/C25H35N3O4/c1-16(2)9-10-19-11-21-23(26-12-19)32-22(14-27(5)24(30)20-7-6-8-20)17(3)13-28(25(21)31)18(4)15-29/h11-12,16-18,20,22,29H,6-8,13-15H2,1-5H3/t17-,18+,22-/m0/s1. The van der Waals surface area contributed by atoms with Crippen LogP contribution in [0.3, 0.4) is 0 Å². The molecule has 0 unspecified atom stereocenters. The summed E-state index contributed by atoms with van der Waals surface area (Å²) in [5, 5.41) is 9.76. The van der Waals surface area contributed by atoms with Crippen molar-refractivity contribution < 1.29 is 19.4 Å². The maximum Gasteiger partial charge on any atom is 0.259 e. The minimum absolute atomic E-state index is 0.0556. The van der Waals surface area contributed by atoms with Gasteiger partial charge in [0.15, 0.2) is 0 Å². The minimum atomic E-state index is -0.351. The fourth-order valence-corrected chi connectivity index (χ4v) is 3.94. The van der Waals surface area contributed by atoms with Crippen LogP contribution < -0.4 is 4.74 Å². The third-order valence-electron chi connectivity index (χ3n) is 6.31. The van der Waals surface area contributed by atoms with Gasteiger partial charge in [0.25, 0.3) is 5.91 Å². The number of amides is 2. The summed E-state index contributed by atoms with van der Waals surface area (Å²) in [6, 6.07) is 1.37. The van der Waals surface area contributed by atoms with Gasteiger partial charge < -0.3 is 19.6 Å². The van der Waals surface area contributed by atoms with Crippen molar-refractivity contribution >= 4 is 11.8 Å². The predicted octanol–water partition coefficient (Wildman–Crippen LogP) is 2.57. The maximum absolute atomic E-state index is 13.4. The largest absolute Gasteiger partial charge is 0.472 e. The Labute approximate surface area is 191 Å². The molecule has 1 aliphatic carbocycles. The van der Waals surface area contributed by atoms with Gasteiger partial charge in [0.05, 0.1) is 19.2 Å². The third-order valence-corrected chi connectivity index (χ3v) is 6.31. The van der Waals surface area contributed by atoms with Crippen molar-refractivity contribution in [3.8, 4) is 17.7 Å². The second-order valence-electron chi connectivity index (χ2n) is 9.47. The molecule has 0 aromatic carbocycles. The molecule has 32 heavy (non-hydrogen) atoms. The topological polar surface area (TPSA) is 83.0 Å². The molecule has 1 aliphatic heterocycles. The summed E-state index contributed by atoms with van der Waals surface area (Å²) in [5.41, 5.74) is 0.985. The number of nitrogens with zero attached hydrogens (tertiary/aromatic N) is 3. The lowest BCUT2D eigenvalue weighted by Gasteiger charge is -2.38. The highest BCUT2D eigenvalue weighted by atomic mass is 16.5. The molecule has 1 saturated carbocycles. The van der Waals surface area contributed by atoms with Gasteiger partial charge in [0.2, 0.25) is 11.8 Å². The second-order valence-corrected chi connectivity index (χ2v) is 9.47. The van der Waals surface area contributed by atoms with E-state index in [4.69, 9.17) is 4.74 Å². The van der Waals surface area contributed by atoms with E-state index in [1.165, 1.54) is 0 Å². The van der Waals surface area contributed by atoms with E-state index >= 15 is 0 Å². The number of pyridine rings is 1. The maximum atomic E-state index is 13.4. The molecule has 2 amide bonds. The van der Waals surface area contributed by atoms with Crippen LogP contribution in [0, 0.1) is 29.6 Å². The van der Waals surface area contributed by atoms with Crippen molar-refractivity contribution in [3.05, 3.63) is 23.4 Å². The van der Waals surface area contributed by atoms with Crippen LogP contribution in [0.15, 0.2) is 12.3 Å². The number of likely N-dealkylation sites (N-methyl/N-ethyl adjacent to an activating group) is 1. The normalized spacial score (nSPS) is 22.0. The van der Waals surface area contributed by atoms with E-state index in [2.05, 4.69) is 16.8 Å². The molecule has 1 aromatic heterocycles. The summed E-state index contributed by atoms with van der Waals surface area (Å²) in [5.74, 6) is 6.58. The van der Waals surface area contributed by atoms with Crippen molar-refractivity contribution in [3.63, 3.8) is 0 Å². The zero-order valence-electron chi connectivity index (χ0n) is 19.8. The fourth-order valence-electron chi connectivity index (χ4n) is 3.94. The van der Waals surface area contributed by atoms with Crippen molar-refractivity contribution in [1.82, 2.24) is 14.8 Å². The van der Waals surface area contributed by atoms with Gasteiger partial charge in [-0.1, -0.05) is 39.0 Å². The Balaban J connectivity index is 1.93. The molecule has 7 heteroatoms. The number of carbonyl (C=O) groups is 2. The average Bonchev–Trinajstić information content (AvgIpc) is 2.72. The Bertz CT molecular complexity index is 900. The molecule has 1 N–H and O–H groups in total. The third kappa shape index (κ3) is 5.42. The van der Waals surface area contributed by atoms with Crippen molar-refractivity contribution in [2.75, 3.05) is 26.7 Å². The molecule has 7 nitrogen and oxygen atoms in total. The lowest BCUT2D eigenvalue weighted by Crippen LogP contribution is -2.51. The highest BCUT2D eigenvalue weighted by Gasteiger charge is 2.36. The zero-order valence-corrected chi connectivity index (χ0v) is 19.8. The van der Waals surface area contributed by atoms with Crippen LogP contribution in [0.5, 0.6) is 5.88 Å². The number of ether oxygens (including phenoxy) is 1. The molecule has 0 spiro atoms. The molecule has 2 aliphatic rings. The van der Waals surface area contributed by atoms with Crippen LogP contribution in [0.25, 0.3) is 0 Å². The van der Waals surface area contributed by atoms with Crippen LogP contribution in [-0.4, -0.2) is 70.6 Å².